The van der Waals surface area contributed by atoms with E-state index in [9.17, 15) is 4.79 Å². The molecule has 0 saturated carbocycles. The fraction of sp³-hybridized carbons (Fsp3) is 0.125. The summed E-state index contributed by atoms with van der Waals surface area (Å²) >= 11 is 11.7. The molecule has 0 aliphatic carbocycles. The van der Waals surface area contributed by atoms with Gasteiger partial charge in [-0.25, -0.2) is 5.43 Å². The van der Waals surface area contributed by atoms with Gasteiger partial charge in [0.1, 0.15) is 5.75 Å². The van der Waals surface area contributed by atoms with Gasteiger partial charge in [0.2, 0.25) is 6.79 Å². The van der Waals surface area contributed by atoms with Crippen molar-refractivity contribution in [1.82, 2.24) is 5.43 Å². The maximum atomic E-state index is 11.7. The minimum Gasteiger partial charge on any atom is -0.484 e. The zero-order chi connectivity index (χ0) is 16.9. The van der Waals surface area contributed by atoms with Crippen molar-refractivity contribution in [2.24, 2.45) is 5.10 Å². The van der Waals surface area contributed by atoms with Crippen molar-refractivity contribution in [2.75, 3.05) is 13.4 Å². The lowest BCUT2D eigenvalue weighted by molar-refractivity contribution is -0.123. The first kappa shape index (κ1) is 16.4. The van der Waals surface area contributed by atoms with Gasteiger partial charge in [0, 0.05) is 6.07 Å². The van der Waals surface area contributed by atoms with Crippen LogP contribution in [-0.2, 0) is 4.79 Å². The molecule has 0 atom stereocenters. The first-order valence-electron chi connectivity index (χ1n) is 6.91. The van der Waals surface area contributed by atoms with Gasteiger partial charge in [-0.05, 0) is 29.8 Å². The molecule has 6 nitrogen and oxygen atoms in total. The summed E-state index contributed by atoms with van der Waals surface area (Å²) in [5.41, 5.74) is 3.07. The lowest BCUT2D eigenvalue weighted by Crippen LogP contribution is -2.24. The van der Waals surface area contributed by atoms with Gasteiger partial charge in [0.15, 0.2) is 18.1 Å². The molecule has 0 spiro atoms. The van der Waals surface area contributed by atoms with Crippen molar-refractivity contribution in [2.45, 2.75) is 0 Å². The zero-order valence-corrected chi connectivity index (χ0v) is 13.8. The van der Waals surface area contributed by atoms with Gasteiger partial charge >= 0.3 is 0 Å². The molecule has 1 aliphatic heterocycles. The largest absolute Gasteiger partial charge is 0.484 e. The van der Waals surface area contributed by atoms with Crippen LogP contribution < -0.4 is 19.6 Å². The van der Waals surface area contributed by atoms with E-state index in [1.165, 1.54) is 6.21 Å². The number of nitrogens with zero attached hydrogens (tertiary/aromatic N) is 1. The number of hydrazone groups is 1. The Morgan fingerprint density at radius 1 is 1.17 bits per heavy atom. The highest BCUT2D eigenvalue weighted by atomic mass is 35.5. The first-order valence-corrected chi connectivity index (χ1v) is 7.67. The Hall–Kier alpha value is -2.44. The average Bonchev–Trinajstić information content (AvgIpc) is 3.04. The van der Waals surface area contributed by atoms with Gasteiger partial charge in [-0.2, -0.15) is 5.10 Å². The fourth-order valence-electron chi connectivity index (χ4n) is 1.92. The fourth-order valence-corrected chi connectivity index (χ4v) is 2.23. The van der Waals surface area contributed by atoms with Crippen LogP contribution >= 0.6 is 23.2 Å². The lowest BCUT2D eigenvalue weighted by Gasteiger charge is -2.05. The van der Waals surface area contributed by atoms with E-state index in [4.69, 9.17) is 37.4 Å². The molecule has 0 fully saturated rings. The van der Waals surface area contributed by atoms with Gasteiger partial charge in [-0.3, -0.25) is 4.79 Å². The molecule has 0 radical (unpaired) electrons. The molecule has 0 aromatic heterocycles. The summed E-state index contributed by atoms with van der Waals surface area (Å²) < 4.78 is 15.8. The van der Waals surface area contributed by atoms with E-state index in [-0.39, 0.29) is 13.4 Å². The summed E-state index contributed by atoms with van der Waals surface area (Å²) in [6, 6.07) is 10.1. The third kappa shape index (κ3) is 4.10. The molecule has 8 heteroatoms. The second kappa shape index (κ2) is 7.42. The SMILES string of the molecule is O=C(COc1ccc2c(c1)OCO2)N/N=C/c1ccc(Cl)c(Cl)c1. The maximum Gasteiger partial charge on any atom is 0.277 e. The van der Waals surface area contributed by atoms with Crippen LogP contribution in [0.4, 0.5) is 0 Å². The maximum absolute atomic E-state index is 11.7. The number of rotatable bonds is 5. The molecule has 3 rings (SSSR count). The van der Waals surface area contributed by atoms with Crippen molar-refractivity contribution in [1.29, 1.82) is 0 Å². The van der Waals surface area contributed by atoms with E-state index >= 15 is 0 Å². The van der Waals surface area contributed by atoms with E-state index in [0.717, 1.165) is 0 Å². The van der Waals surface area contributed by atoms with E-state index in [1.54, 1.807) is 36.4 Å². The van der Waals surface area contributed by atoms with E-state index < -0.39 is 5.91 Å². The third-order valence-electron chi connectivity index (χ3n) is 3.06. The van der Waals surface area contributed by atoms with Crippen LogP contribution in [0.25, 0.3) is 0 Å². The molecule has 24 heavy (non-hydrogen) atoms. The summed E-state index contributed by atoms with van der Waals surface area (Å²) in [7, 11) is 0. The molecule has 0 unspecified atom stereocenters. The molecular weight excluding hydrogens is 355 g/mol. The molecule has 0 bridgehead atoms. The Kier molecular flexibility index (Phi) is 5.08. The highest BCUT2D eigenvalue weighted by Gasteiger charge is 2.14. The number of ether oxygens (including phenoxy) is 3. The number of fused-ring (bicyclic) bond motifs is 1. The number of benzene rings is 2. The second-order valence-corrected chi connectivity index (χ2v) is 5.58. The number of nitrogens with one attached hydrogen (secondary N) is 1. The minimum absolute atomic E-state index is 0.182. The van der Waals surface area contributed by atoms with E-state index in [0.29, 0.717) is 32.9 Å². The molecule has 0 saturated heterocycles. The average molecular weight is 367 g/mol. The van der Waals surface area contributed by atoms with Gasteiger partial charge in [-0.1, -0.05) is 29.3 Å². The Labute approximate surface area is 147 Å². The number of hydrogen-bond donors (Lipinski definition) is 1. The molecule has 2 aromatic carbocycles. The minimum atomic E-state index is -0.399. The van der Waals surface area contributed by atoms with Gasteiger partial charge in [0.05, 0.1) is 16.3 Å². The van der Waals surface area contributed by atoms with Crippen LogP contribution in [0.2, 0.25) is 10.0 Å². The quantitative estimate of drug-likeness (QED) is 0.651. The number of carbonyl (C=O) groups is 1. The Morgan fingerprint density at radius 3 is 2.83 bits per heavy atom. The summed E-state index contributed by atoms with van der Waals surface area (Å²) in [5, 5.41) is 4.70. The lowest BCUT2D eigenvalue weighted by atomic mass is 10.2. The predicted molar refractivity (Wildman–Crippen MR) is 90.3 cm³/mol. The molecule has 1 amide bonds. The molecule has 1 heterocycles. The number of amides is 1. The summed E-state index contributed by atoms with van der Waals surface area (Å²) in [6.07, 6.45) is 1.46. The van der Waals surface area contributed by atoms with Crippen LogP contribution in [0.1, 0.15) is 5.56 Å². The highest BCUT2D eigenvalue weighted by Crippen LogP contribution is 2.35. The van der Waals surface area contributed by atoms with Crippen molar-refractivity contribution in [3.8, 4) is 17.2 Å². The highest BCUT2D eigenvalue weighted by molar-refractivity contribution is 6.42. The smallest absolute Gasteiger partial charge is 0.277 e. The molecule has 1 N–H and O–H groups in total. The topological polar surface area (TPSA) is 69.2 Å². The van der Waals surface area contributed by atoms with Crippen molar-refractivity contribution in [3.63, 3.8) is 0 Å². The van der Waals surface area contributed by atoms with Crippen molar-refractivity contribution >= 4 is 35.3 Å². The zero-order valence-electron chi connectivity index (χ0n) is 12.3. The third-order valence-corrected chi connectivity index (χ3v) is 3.80. The summed E-state index contributed by atoms with van der Waals surface area (Å²) in [5.74, 6) is 1.34. The number of halogens is 2. The first-order chi connectivity index (χ1) is 11.6. The Bertz CT molecular complexity index is 796. The summed E-state index contributed by atoms with van der Waals surface area (Å²) in [6.45, 7) is 0.00105. The second-order valence-electron chi connectivity index (χ2n) is 4.77. The number of carbonyl (C=O) groups excluding carboxylic acids is 1. The molecule has 2 aromatic rings. The molecule has 124 valence electrons. The van der Waals surface area contributed by atoms with Crippen molar-refractivity contribution < 1.29 is 19.0 Å². The number of hydrogen-bond acceptors (Lipinski definition) is 5. The summed E-state index contributed by atoms with van der Waals surface area (Å²) in [4.78, 5) is 11.7. The van der Waals surface area contributed by atoms with Crippen LogP contribution in [0.5, 0.6) is 17.2 Å². The standard InChI is InChI=1S/C16H12Cl2N2O4/c17-12-3-1-10(5-13(12)18)7-19-20-16(21)8-22-11-2-4-14-15(6-11)24-9-23-14/h1-7H,8-9H2,(H,20,21)/b19-7+. The van der Waals surface area contributed by atoms with Crippen LogP contribution in [0.15, 0.2) is 41.5 Å². The van der Waals surface area contributed by atoms with E-state index in [1.807, 2.05) is 0 Å². The van der Waals surface area contributed by atoms with Crippen LogP contribution in [0.3, 0.4) is 0 Å². The van der Waals surface area contributed by atoms with E-state index in [2.05, 4.69) is 10.5 Å². The van der Waals surface area contributed by atoms with Crippen molar-refractivity contribution in [3.05, 3.63) is 52.0 Å². The Morgan fingerprint density at radius 2 is 2.00 bits per heavy atom. The van der Waals surface area contributed by atoms with Gasteiger partial charge in [0.25, 0.3) is 5.91 Å². The van der Waals surface area contributed by atoms with Crippen LogP contribution in [0, 0.1) is 0 Å². The normalized spacial score (nSPS) is 12.4. The van der Waals surface area contributed by atoms with Gasteiger partial charge < -0.3 is 14.2 Å². The monoisotopic (exact) mass is 366 g/mol. The molecular formula is C16H12Cl2N2O4. The van der Waals surface area contributed by atoms with Crippen LogP contribution in [-0.4, -0.2) is 25.5 Å². The van der Waals surface area contributed by atoms with Gasteiger partial charge in [-0.15, -0.1) is 0 Å². The Balaban J connectivity index is 1.49. The predicted octanol–water partition coefficient (Wildman–Crippen LogP) is 3.25. The molecule has 1 aliphatic rings.